The Bertz CT molecular complexity index is 557. The van der Waals surface area contributed by atoms with E-state index in [2.05, 4.69) is 20.9 Å². The molecule has 0 aromatic heterocycles. The van der Waals surface area contributed by atoms with Crippen LogP contribution in [0.25, 0.3) is 0 Å². The maximum Gasteiger partial charge on any atom is 0.235 e. The van der Waals surface area contributed by atoms with Gasteiger partial charge in [0, 0.05) is 5.56 Å². The Balaban J connectivity index is 2.18. The summed E-state index contributed by atoms with van der Waals surface area (Å²) in [6.45, 7) is 0. The molecule has 1 N–H and O–H groups in total. The van der Waals surface area contributed by atoms with Crippen molar-refractivity contribution in [2.24, 2.45) is 4.99 Å². The van der Waals surface area contributed by atoms with Crippen molar-refractivity contribution in [2.75, 3.05) is 0 Å². The molecule has 0 aliphatic heterocycles. The van der Waals surface area contributed by atoms with Gasteiger partial charge in [-0.25, -0.2) is 4.79 Å². The zero-order valence-electron chi connectivity index (χ0n) is 10.0. The number of fused-ring (bicyclic) bond motifs is 1. The molecular weight excluding hydrogens is 294 g/mol. The van der Waals surface area contributed by atoms with Crippen LogP contribution < -0.4 is 0 Å². The average molecular weight is 308 g/mol. The smallest absolute Gasteiger partial charge is 0.235 e. The lowest BCUT2D eigenvalue weighted by Gasteiger charge is -2.38. The van der Waals surface area contributed by atoms with Crippen LogP contribution in [0.5, 0.6) is 5.75 Å². The van der Waals surface area contributed by atoms with Crippen LogP contribution >= 0.6 is 15.9 Å². The van der Waals surface area contributed by atoms with Crippen LogP contribution in [-0.4, -0.2) is 11.2 Å². The van der Waals surface area contributed by atoms with Gasteiger partial charge in [-0.2, -0.15) is 4.99 Å². The molecule has 1 aromatic carbocycles. The van der Waals surface area contributed by atoms with Crippen molar-refractivity contribution in [1.82, 2.24) is 0 Å². The number of rotatable bonds is 2. The highest BCUT2D eigenvalue weighted by Crippen LogP contribution is 2.51. The predicted molar refractivity (Wildman–Crippen MR) is 71.5 cm³/mol. The van der Waals surface area contributed by atoms with Crippen LogP contribution in [0, 0.1) is 0 Å². The molecule has 0 atom stereocenters. The van der Waals surface area contributed by atoms with Gasteiger partial charge in [-0.1, -0.05) is 0 Å². The van der Waals surface area contributed by atoms with E-state index < -0.39 is 5.54 Å². The highest BCUT2D eigenvalue weighted by molar-refractivity contribution is 9.10. The second-order valence-corrected chi connectivity index (χ2v) is 5.96. The highest BCUT2D eigenvalue weighted by Gasteiger charge is 2.42. The minimum absolute atomic E-state index is 0.259. The van der Waals surface area contributed by atoms with Gasteiger partial charge in [0.05, 0.1) is 4.47 Å². The Morgan fingerprint density at radius 2 is 2.11 bits per heavy atom. The maximum absolute atomic E-state index is 10.6. The Morgan fingerprint density at radius 1 is 1.33 bits per heavy atom. The zero-order valence-corrected chi connectivity index (χ0v) is 11.6. The van der Waals surface area contributed by atoms with Gasteiger partial charge in [0.25, 0.3) is 0 Å². The molecule has 0 radical (unpaired) electrons. The van der Waals surface area contributed by atoms with E-state index in [0.717, 1.165) is 48.6 Å². The number of hydrogen-bond donors (Lipinski definition) is 1. The summed E-state index contributed by atoms with van der Waals surface area (Å²) < 4.78 is 0.792. The van der Waals surface area contributed by atoms with E-state index in [1.165, 1.54) is 11.1 Å². The molecule has 2 aliphatic rings. The molecule has 1 fully saturated rings. The molecule has 94 valence electrons. The van der Waals surface area contributed by atoms with Gasteiger partial charge in [-0.3, -0.25) is 0 Å². The SMILES string of the molecule is O=C=NC1(c2cc3c(c(Br)c2O)CCC3)CCC1. The molecule has 2 aliphatic carbocycles. The third-order valence-electron chi connectivity index (χ3n) is 4.25. The van der Waals surface area contributed by atoms with Gasteiger partial charge >= 0.3 is 0 Å². The van der Waals surface area contributed by atoms with Crippen molar-refractivity contribution >= 4 is 22.0 Å². The number of benzene rings is 1. The van der Waals surface area contributed by atoms with E-state index in [1.807, 2.05) is 6.07 Å². The van der Waals surface area contributed by atoms with Crippen molar-refractivity contribution in [1.29, 1.82) is 0 Å². The summed E-state index contributed by atoms with van der Waals surface area (Å²) in [7, 11) is 0. The van der Waals surface area contributed by atoms with Gasteiger partial charge in [0.2, 0.25) is 6.08 Å². The fourth-order valence-electron chi connectivity index (χ4n) is 3.08. The fraction of sp³-hybridized carbons (Fsp3) is 0.500. The van der Waals surface area contributed by atoms with Crippen molar-refractivity contribution in [2.45, 2.75) is 44.1 Å². The average Bonchev–Trinajstić information content (AvgIpc) is 2.77. The standard InChI is InChI=1S/C14H14BrNO2/c15-12-10-4-1-3-9(10)7-11(13(12)18)14(16-8-17)5-2-6-14/h7,18H,1-6H2. The molecular formula is C14H14BrNO2. The number of aromatic hydroxyl groups is 1. The van der Waals surface area contributed by atoms with E-state index in [1.54, 1.807) is 6.08 Å². The lowest BCUT2D eigenvalue weighted by Crippen LogP contribution is -2.32. The fourth-order valence-corrected chi connectivity index (χ4v) is 3.74. The molecule has 3 nitrogen and oxygen atoms in total. The minimum Gasteiger partial charge on any atom is -0.506 e. The first-order valence-electron chi connectivity index (χ1n) is 6.31. The Kier molecular flexibility index (Phi) is 2.80. The van der Waals surface area contributed by atoms with Crippen LogP contribution in [0.15, 0.2) is 15.5 Å². The van der Waals surface area contributed by atoms with Crippen LogP contribution in [0.3, 0.4) is 0 Å². The summed E-state index contributed by atoms with van der Waals surface area (Å²) in [5.41, 5.74) is 2.76. The molecule has 0 amide bonds. The summed E-state index contributed by atoms with van der Waals surface area (Å²) >= 11 is 3.49. The first kappa shape index (κ1) is 11.9. The molecule has 1 saturated carbocycles. The number of phenolic OH excluding ortho intramolecular Hbond substituents is 1. The zero-order chi connectivity index (χ0) is 12.8. The lowest BCUT2D eigenvalue weighted by atomic mass is 9.71. The monoisotopic (exact) mass is 307 g/mol. The third kappa shape index (κ3) is 1.56. The summed E-state index contributed by atoms with van der Waals surface area (Å²) in [6.07, 6.45) is 7.53. The Morgan fingerprint density at radius 3 is 2.72 bits per heavy atom. The predicted octanol–water partition coefficient (Wildman–Crippen LogP) is 3.36. The largest absolute Gasteiger partial charge is 0.506 e. The molecule has 1 aromatic rings. The van der Waals surface area contributed by atoms with E-state index in [-0.39, 0.29) is 5.75 Å². The minimum atomic E-state index is -0.522. The van der Waals surface area contributed by atoms with E-state index in [0.29, 0.717) is 0 Å². The molecule has 0 heterocycles. The van der Waals surface area contributed by atoms with Crippen LogP contribution in [0.1, 0.15) is 42.4 Å². The van der Waals surface area contributed by atoms with Gasteiger partial charge in [0.15, 0.2) is 0 Å². The van der Waals surface area contributed by atoms with E-state index in [9.17, 15) is 9.90 Å². The first-order chi connectivity index (χ1) is 8.68. The summed E-state index contributed by atoms with van der Waals surface area (Å²) in [5, 5.41) is 10.4. The van der Waals surface area contributed by atoms with E-state index >= 15 is 0 Å². The number of aliphatic imine (C=N–C) groups is 1. The quantitative estimate of drug-likeness (QED) is 0.673. The number of phenols is 1. The molecule has 0 spiro atoms. The summed E-state index contributed by atoms with van der Waals surface area (Å²) in [4.78, 5) is 14.6. The molecule has 18 heavy (non-hydrogen) atoms. The van der Waals surface area contributed by atoms with Gasteiger partial charge in [-0.15, -0.1) is 0 Å². The third-order valence-corrected chi connectivity index (χ3v) is 5.10. The topological polar surface area (TPSA) is 49.7 Å². The number of carbonyl (C=O) groups excluding carboxylic acids is 1. The van der Waals surface area contributed by atoms with Gasteiger partial charge in [0.1, 0.15) is 11.3 Å². The number of aryl methyl sites for hydroxylation is 1. The number of halogens is 1. The number of hydrogen-bond acceptors (Lipinski definition) is 3. The van der Waals surface area contributed by atoms with Crippen molar-refractivity contribution in [3.63, 3.8) is 0 Å². The normalized spacial score (nSPS) is 19.8. The van der Waals surface area contributed by atoms with Crippen LogP contribution in [0.4, 0.5) is 0 Å². The lowest BCUT2D eigenvalue weighted by molar-refractivity contribution is 0.247. The van der Waals surface area contributed by atoms with Gasteiger partial charge < -0.3 is 5.11 Å². The van der Waals surface area contributed by atoms with Crippen LogP contribution in [-0.2, 0) is 23.2 Å². The first-order valence-corrected chi connectivity index (χ1v) is 7.10. The molecule has 0 saturated heterocycles. The van der Waals surface area contributed by atoms with E-state index in [4.69, 9.17) is 0 Å². The van der Waals surface area contributed by atoms with Crippen molar-refractivity contribution < 1.29 is 9.90 Å². The Labute approximate surface area is 114 Å². The summed E-state index contributed by atoms with van der Waals surface area (Å²) in [5.74, 6) is 0.259. The number of isocyanates is 1. The second kappa shape index (κ2) is 4.22. The molecule has 0 unspecified atom stereocenters. The molecule has 3 rings (SSSR count). The highest BCUT2D eigenvalue weighted by atomic mass is 79.9. The van der Waals surface area contributed by atoms with Crippen LogP contribution in [0.2, 0.25) is 0 Å². The Hall–Kier alpha value is -1.12. The maximum atomic E-state index is 10.6. The van der Waals surface area contributed by atoms with Crippen molar-refractivity contribution in [3.05, 3.63) is 27.2 Å². The van der Waals surface area contributed by atoms with Crippen molar-refractivity contribution in [3.8, 4) is 5.75 Å². The second-order valence-electron chi connectivity index (χ2n) is 5.17. The van der Waals surface area contributed by atoms with Gasteiger partial charge in [-0.05, 0) is 71.6 Å². The molecule has 4 heteroatoms. The summed E-state index contributed by atoms with van der Waals surface area (Å²) in [6, 6.07) is 2.04. The number of nitrogens with zero attached hydrogens (tertiary/aromatic N) is 1. The molecule has 0 bridgehead atoms.